The Morgan fingerprint density at radius 3 is 1.71 bits per heavy atom. The molecule has 0 aromatic carbocycles. The first-order chi connectivity index (χ1) is 7.98. The van der Waals surface area contributed by atoms with Crippen LogP contribution in [-0.2, 0) is 10.1 Å². The number of hydrogen-bond acceptors (Lipinski definition) is 3. The highest BCUT2D eigenvalue weighted by Crippen LogP contribution is 2.13. The zero-order chi connectivity index (χ0) is 13.1. The molecule has 0 aliphatic rings. The van der Waals surface area contributed by atoms with Gasteiger partial charge in [-0.15, -0.1) is 0 Å². The first-order valence-electron chi connectivity index (χ1n) is 6.55. The fourth-order valence-corrected chi connectivity index (χ4v) is 2.22. The average Bonchev–Trinajstić information content (AvgIpc) is 2.25. The van der Waals surface area contributed by atoms with Gasteiger partial charge in [0.05, 0.1) is 5.25 Å². The number of hydrogen-bond donors (Lipinski definition) is 2. The lowest BCUT2D eigenvalue weighted by molar-refractivity contribution is 0.282. The van der Waals surface area contributed by atoms with Crippen molar-refractivity contribution >= 4 is 10.1 Å². The smallest absolute Gasteiger partial charge is 0.267 e. The van der Waals surface area contributed by atoms with Crippen LogP contribution >= 0.6 is 0 Å². The quantitative estimate of drug-likeness (QED) is 0.445. The van der Waals surface area contributed by atoms with Gasteiger partial charge in [0.2, 0.25) is 0 Å². The van der Waals surface area contributed by atoms with Crippen molar-refractivity contribution in [1.29, 1.82) is 0 Å². The predicted octanol–water partition coefficient (Wildman–Crippen LogP) is 2.77. The summed E-state index contributed by atoms with van der Waals surface area (Å²) in [5.41, 5.74) is 0. The summed E-state index contributed by atoms with van der Waals surface area (Å²) in [7, 11) is -3.83. The van der Waals surface area contributed by atoms with Crippen LogP contribution in [0.3, 0.4) is 0 Å². The SMILES string of the molecule is CC(CCCCCCCCCCO)S(=O)(=O)O. The molecule has 4 nitrogen and oxygen atoms in total. The number of unbranched alkanes of at least 4 members (excludes halogenated alkanes) is 7. The van der Waals surface area contributed by atoms with Gasteiger partial charge >= 0.3 is 0 Å². The second-order valence-electron chi connectivity index (χ2n) is 4.67. The van der Waals surface area contributed by atoms with E-state index in [0.29, 0.717) is 6.42 Å². The first kappa shape index (κ1) is 16.9. The molecule has 5 heteroatoms. The van der Waals surface area contributed by atoms with Crippen molar-refractivity contribution in [3.05, 3.63) is 0 Å². The van der Waals surface area contributed by atoms with Gasteiger partial charge in [-0.25, -0.2) is 0 Å². The third kappa shape index (κ3) is 10.7. The van der Waals surface area contributed by atoms with Gasteiger partial charge in [-0.05, 0) is 19.8 Å². The van der Waals surface area contributed by atoms with Gasteiger partial charge < -0.3 is 5.11 Å². The highest BCUT2D eigenvalue weighted by Gasteiger charge is 2.15. The maximum absolute atomic E-state index is 10.7. The van der Waals surface area contributed by atoms with Crippen LogP contribution in [0.2, 0.25) is 0 Å². The van der Waals surface area contributed by atoms with Gasteiger partial charge in [0.15, 0.2) is 0 Å². The van der Waals surface area contributed by atoms with Gasteiger partial charge in [-0.2, -0.15) is 8.42 Å². The van der Waals surface area contributed by atoms with Crippen LogP contribution < -0.4 is 0 Å². The van der Waals surface area contributed by atoms with E-state index in [4.69, 9.17) is 9.66 Å². The minimum Gasteiger partial charge on any atom is -0.396 e. The largest absolute Gasteiger partial charge is 0.396 e. The van der Waals surface area contributed by atoms with Crippen LogP contribution in [0.5, 0.6) is 0 Å². The van der Waals surface area contributed by atoms with Crippen molar-refractivity contribution in [2.45, 2.75) is 70.0 Å². The molecule has 0 rings (SSSR count). The van der Waals surface area contributed by atoms with E-state index >= 15 is 0 Å². The summed E-state index contributed by atoms with van der Waals surface area (Å²) < 4.78 is 30.2. The summed E-state index contributed by atoms with van der Waals surface area (Å²) in [6, 6.07) is 0. The summed E-state index contributed by atoms with van der Waals surface area (Å²) in [5, 5.41) is 7.95. The van der Waals surface area contributed by atoms with Gasteiger partial charge in [-0.1, -0.05) is 44.9 Å². The Morgan fingerprint density at radius 1 is 0.882 bits per heavy atom. The highest BCUT2D eigenvalue weighted by molar-refractivity contribution is 7.86. The van der Waals surface area contributed by atoms with Crippen molar-refractivity contribution in [3.8, 4) is 0 Å². The monoisotopic (exact) mass is 266 g/mol. The molecule has 0 radical (unpaired) electrons. The Morgan fingerprint density at radius 2 is 1.29 bits per heavy atom. The van der Waals surface area contributed by atoms with Crippen molar-refractivity contribution in [1.82, 2.24) is 0 Å². The van der Waals surface area contributed by atoms with E-state index < -0.39 is 15.4 Å². The Labute approximate surface area is 105 Å². The molecule has 0 aliphatic carbocycles. The lowest BCUT2D eigenvalue weighted by Crippen LogP contribution is -2.16. The van der Waals surface area contributed by atoms with E-state index in [1.54, 1.807) is 6.92 Å². The summed E-state index contributed by atoms with van der Waals surface area (Å²) in [6.07, 6.45) is 9.07. The molecule has 0 spiro atoms. The molecule has 104 valence electrons. The molecule has 0 saturated heterocycles. The Bertz CT molecular complexity index is 262. The number of aliphatic hydroxyl groups is 1. The molecule has 0 amide bonds. The molecular weight excluding hydrogens is 240 g/mol. The molecule has 1 unspecified atom stereocenters. The Kier molecular flexibility index (Phi) is 9.78. The number of rotatable bonds is 11. The predicted molar refractivity (Wildman–Crippen MR) is 69.6 cm³/mol. The molecule has 0 aromatic heterocycles. The number of aliphatic hydroxyl groups excluding tert-OH is 1. The lowest BCUT2D eigenvalue weighted by atomic mass is 10.1. The van der Waals surface area contributed by atoms with Gasteiger partial charge in [0.1, 0.15) is 0 Å². The zero-order valence-electron chi connectivity index (χ0n) is 10.8. The second-order valence-corrected chi connectivity index (χ2v) is 6.50. The molecular formula is C12H26O4S. The second kappa shape index (κ2) is 9.85. The zero-order valence-corrected chi connectivity index (χ0v) is 11.6. The van der Waals surface area contributed by atoms with Crippen molar-refractivity contribution in [3.63, 3.8) is 0 Å². The lowest BCUT2D eigenvalue weighted by Gasteiger charge is -2.07. The maximum Gasteiger partial charge on any atom is 0.267 e. The molecule has 0 heterocycles. The average molecular weight is 266 g/mol. The summed E-state index contributed by atoms with van der Waals surface area (Å²) in [5.74, 6) is 0. The summed E-state index contributed by atoms with van der Waals surface area (Å²) in [6.45, 7) is 1.83. The summed E-state index contributed by atoms with van der Waals surface area (Å²) in [4.78, 5) is 0. The Balaban J connectivity index is 3.24. The fourth-order valence-electron chi connectivity index (χ4n) is 1.75. The molecule has 2 N–H and O–H groups in total. The molecule has 0 bridgehead atoms. The van der Waals surface area contributed by atoms with E-state index in [9.17, 15) is 8.42 Å². The van der Waals surface area contributed by atoms with Crippen LogP contribution in [0.4, 0.5) is 0 Å². The topological polar surface area (TPSA) is 74.6 Å². The molecule has 1 atom stereocenters. The van der Waals surface area contributed by atoms with Crippen LogP contribution in [0.25, 0.3) is 0 Å². The van der Waals surface area contributed by atoms with Crippen LogP contribution in [-0.4, -0.2) is 29.9 Å². The Hall–Kier alpha value is -0.130. The van der Waals surface area contributed by atoms with Gasteiger partial charge in [0, 0.05) is 6.61 Å². The van der Waals surface area contributed by atoms with Gasteiger partial charge in [-0.3, -0.25) is 4.55 Å². The molecule has 0 saturated carbocycles. The molecule has 0 aromatic rings. The van der Waals surface area contributed by atoms with E-state index in [1.807, 2.05) is 0 Å². The molecule has 0 aliphatic heterocycles. The normalized spacial score (nSPS) is 13.8. The van der Waals surface area contributed by atoms with E-state index in [1.165, 1.54) is 19.3 Å². The third-order valence-electron chi connectivity index (χ3n) is 3.03. The summed E-state index contributed by atoms with van der Waals surface area (Å²) >= 11 is 0. The fraction of sp³-hybridized carbons (Fsp3) is 1.00. The van der Waals surface area contributed by atoms with Crippen LogP contribution in [0.1, 0.15) is 64.7 Å². The van der Waals surface area contributed by atoms with Gasteiger partial charge in [0.25, 0.3) is 10.1 Å². The minimum atomic E-state index is -3.83. The molecule has 17 heavy (non-hydrogen) atoms. The van der Waals surface area contributed by atoms with E-state index in [2.05, 4.69) is 0 Å². The first-order valence-corrected chi connectivity index (χ1v) is 8.06. The standard InChI is InChI=1S/C12H26O4S/c1-12(17(14,15)16)10-8-6-4-2-3-5-7-9-11-13/h12-13H,2-11H2,1H3,(H,14,15,16). The highest BCUT2D eigenvalue weighted by atomic mass is 32.2. The maximum atomic E-state index is 10.7. The van der Waals surface area contributed by atoms with Crippen molar-refractivity contribution in [2.75, 3.05) is 6.61 Å². The third-order valence-corrected chi connectivity index (χ3v) is 4.28. The van der Waals surface area contributed by atoms with E-state index in [-0.39, 0.29) is 6.61 Å². The van der Waals surface area contributed by atoms with Crippen LogP contribution in [0, 0.1) is 0 Å². The van der Waals surface area contributed by atoms with Crippen LogP contribution in [0.15, 0.2) is 0 Å². The van der Waals surface area contributed by atoms with Crippen molar-refractivity contribution < 1.29 is 18.1 Å². The van der Waals surface area contributed by atoms with Crippen molar-refractivity contribution in [2.24, 2.45) is 0 Å². The van der Waals surface area contributed by atoms with E-state index in [0.717, 1.165) is 32.1 Å². The molecule has 0 fully saturated rings. The minimum absolute atomic E-state index is 0.285.